The summed E-state index contributed by atoms with van der Waals surface area (Å²) in [6.07, 6.45) is -0.168. The van der Waals surface area contributed by atoms with Crippen molar-refractivity contribution >= 4 is 17.3 Å². The van der Waals surface area contributed by atoms with Gasteiger partial charge in [0.15, 0.2) is 0 Å². The van der Waals surface area contributed by atoms with Crippen LogP contribution in [-0.4, -0.2) is 11.1 Å². The van der Waals surface area contributed by atoms with Crippen LogP contribution in [0.4, 0.5) is 5.69 Å². The second-order valence-electron chi connectivity index (χ2n) is 3.50. The van der Waals surface area contributed by atoms with Crippen LogP contribution in [0.2, 0.25) is 5.02 Å². The second kappa shape index (κ2) is 4.64. The van der Waals surface area contributed by atoms with Gasteiger partial charge in [-0.2, -0.15) is 0 Å². The number of aliphatic hydroxyl groups excluding tert-OH is 1. The number of aliphatic hydroxyl groups is 1. The molecule has 1 aromatic carbocycles. The number of nitrogen functional groups attached to an aromatic ring is 1. The van der Waals surface area contributed by atoms with Gasteiger partial charge in [-0.3, -0.25) is 0 Å². The predicted molar refractivity (Wildman–Crippen MR) is 59.1 cm³/mol. The average molecular weight is 215 g/mol. The Kier molecular flexibility index (Phi) is 3.75. The van der Waals surface area contributed by atoms with Crippen molar-refractivity contribution in [1.82, 2.24) is 0 Å². The highest BCUT2D eigenvalue weighted by molar-refractivity contribution is 6.30. The van der Waals surface area contributed by atoms with Crippen LogP contribution in [0.3, 0.4) is 0 Å². The number of halogens is 1. The minimum atomic E-state index is -0.645. The van der Waals surface area contributed by atoms with E-state index in [2.05, 4.69) is 0 Å². The molecule has 0 saturated heterocycles. The van der Waals surface area contributed by atoms with Crippen LogP contribution in [0.15, 0.2) is 18.2 Å². The summed E-state index contributed by atoms with van der Waals surface area (Å²) in [6.45, 7) is 1.84. The first kappa shape index (κ1) is 11.3. The van der Waals surface area contributed by atoms with Crippen molar-refractivity contribution in [2.45, 2.75) is 25.5 Å². The third kappa shape index (κ3) is 2.87. The van der Waals surface area contributed by atoms with Gasteiger partial charge in [0.1, 0.15) is 0 Å². The van der Waals surface area contributed by atoms with Crippen molar-refractivity contribution in [1.29, 1.82) is 0 Å². The molecule has 0 bridgehead atoms. The average Bonchev–Trinajstić information content (AvgIpc) is 2.08. The van der Waals surface area contributed by atoms with E-state index in [1.54, 1.807) is 18.2 Å². The highest BCUT2D eigenvalue weighted by atomic mass is 35.5. The monoisotopic (exact) mass is 214 g/mol. The van der Waals surface area contributed by atoms with E-state index in [4.69, 9.17) is 23.1 Å². The van der Waals surface area contributed by atoms with Crippen LogP contribution >= 0.6 is 11.6 Å². The van der Waals surface area contributed by atoms with E-state index in [9.17, 15) is 5.11 Å². The summed E-state index contributed by atoms with van der Waals surface area (Å²) < 4.78 is 0. The van der Waals surface area contributed by atoms with Gasteiger partial charge in [-0.1, -0.05) is 11.6 Å². The number of anilines is 1. The molecule has 0 aliphatic heterocycles. The largest absolute Gasteiger partial charge is 0.398 e. The van der Waals surface area contributed by atoms with Crippen LogP contribution in [0.1, 0.15) is 25.0 Å². The van der Waals surface area contributed by atoms with Gasteiger partial charge in [-0.15, -0.1) is 0 Å². The Morgan fingerprint density at radius 3 is 2.71 bits per heavy atom. The van der Waals surface area contributed by atoms with Crippen molar-refractivity contribution in [3.05, 3.63) is 28.8 Å². The van der Waals surface area contributed by atoms with E-state index < -0.39 is 6.10 Å². The maximum atomic E-state index is 9.78. The second-order valence-corrected chi connectivity index (χ2v) is 3.94. The lowest BCUT2D eigenvalue weighted by Gasteiger charge is -2.15. The van der Waals surface area contributed by atoms with Crippen molar-refractivity contribution in [3.8, 4) is 0 Å². The normalized spacial score (nSPS) is 15.1. The molecule has 0 spiro atoms. The number of nitrogens with two attached hydrogens (primary N) is 2. The Morgan fingerprint density at radius 2 is 2.14 bits per heavy atom. The summed E-state index contributed by atoms with van der Waals surface area (Å²) in [5.74, 6) is 0. The highest BCUT2D eigenvalue weighted by Gasteiger charge is 2.13. The third-order valence-electron chi connectivity index (χ3n) is 2.00. The Balaban J connectivity index is 2.88. The summed E-state index contributed by atoms with van der Waals surface area (Å²) in [5, 5.41) is 10.3. The molecule has 2 atom stereocenters. The lowest BCUT2D eigenvalue weighted by atomic mass is 10.0. The SMILES string of the molecule is CC(N)CC(O)c1cc(Cl)ccc1N. The zero-order chi connectivity index (χ0) is 10.7. The van der Waals surface area contributed by atoms with Gasteiger partial charge in [0.2, 0.25) is 0 Å². The van der Waals surface area contributed by atoms with Crippen LogP contribution in [0, 0.1) is 0 Å². The van der Waals surface area contributed by atoms with E-state index >= 15 is 0 Å². The maximum Gasteiger partial charge on any atom is 0.0825 e. The number of hydrogen-bond acceptors (Lipinski definition) is 3. The molecule has 0 radical (unpaired) electrons. The van der Waals surface area contributed by atoms with Crippen molar-refractivity contribution < 1.29 is 5.11 Å². The summed E-state index contributed by atoms with van der Waals surface area (Å²) in [4.78, 5) is 0. The predicted octanol–water partition coefficient (Wildman–Crippen LogP) is 1.69. The molecule has 0 heterocycles. The molecule has 0 saturated carbocycles. The van der Waals surface area contributed by atoms with Gasteiger partial charge in [0, 0.05) is 22.3 Å². The summed E-state index contributed by atoms with van der Waals surface area (Å²) in [7, 11) is 0. The molecule has 1 aromatic rings. The standard InChI is InChI=1S/C10H15ClN2O/c1-6(12)4-10(14)8-5-7(11)2-3-9(8)13/h2-3,5-6,10,14H,4,12-13H2,1H3. The van der Waals surface area contributed by atoms with E-state index in [1.165, 1.54) is 0 Å². The molecule has 0 amide bonds. The van der Waals surface area contributed by atoms with Crippen LogP contribution in [-0.2, 0) is 0 Å². The third-order valence-corrected chi connectivity index (χ3v) is 2.24. The molecule has 0 aliphatic carbocycles. The number of rotatable bonds is 3. The maximum absolute atomic E-state index is 9.78. The highest BCUT2D eigenvalue weighted by Crippen LogP contribution is 2.26. The Labute approximate surface area is 88.7 Å². The van der Waals surface area contributed by atoms with E-state index in [0.29, 0.717) is 22.7 Å². The molecule has 78 valence electrons. The smallest absolute Gasteiger partial charge is 0.0825 e. The van der Waals surface area contributed by atoms with Gasteiger partial charge in [-0.05, 0) is 31.5 Å². The van der Waals surface area contributed by atoms with E-state index in [0.717, 1.165) is 0 Å². The van der Waals surface area contributed by atoms with Gasteiger partial charge in [0.25, 0.3) is 0 Å². The molecule has 4 heteroatoms. The van der Waals surface area contributed by atoms with E-state index in [1.807, 2.05) is 6.92 Å². The Bertz CT molecular complexity index is 315. The first-order valence-corrected chi connectivity index (χ1v) is 4.87. The lowest BCUT2D eigenvalue weighted by Crippen LogP contribution is -2.19. The van der Waals surface area contributed by atoms with Gasteiger partial charge >= 0.3 is 0 Å². The van der Waals surface area contributed by atoms with E-state index in [-0.39, 0.29) is 6.04 Å². The van der Waals surface area contributed by atoms with Crippen LogP contribution in [0.5, 0.6) is 0 Å². The number of benzene rings is 1. The molecular weight excluding hydrogens is 200 g/mol. The molecule has 1 rings (SSSR count). The molecule has 0 fully saturated rings. The van der Waals surface area contributed by atoms with Crippen LogP contribution in [0.25, 0.3) is 0 Å². The summed E-state index contributed by atoms with van der Waals surface area (Å²) in [6, 6.07) is 4.98. The minimum Gasteiger partial charge on any atom is -0.398 e. The Hall–Kier alpha value is -0.770. The van der Waals surface area contributed by atoms with Crippen LogP contribution < -0.4 is 11.5 Å². The quantitative estimate of drug-likeness (QED) is 0.671. The summed E-state index contributed by atoms with van der Waals surface area (Å²) in [5.41, 5.74) is 12.5. The first-order chi connectivity index (χ1) is 6.50. The fraction of sp³-hybridized carbons (Fsp3) is 0.400. The lowest BCUT2D eigenvalue weighted by molar-refractivity contribution is 0.161. The molecule has 0 aliphatic rings. The molecule has 3 nitrogen and oxygen atoms in total. The van der Waals surface area contributed by atoms with Crippen molar-refractivity contribution in [2.75, 3.05) is 5.73 Å². The van der Waals surface area contributed by atoms with Gasteiger partial charge in [0.05, 0.1) is 6.10 Å². The molecule has 5 N–H and O–H groups in total. The number of hydrogen-bond donors (Lipinski definition) is 3. The first-order valence-electron chi connectivity index (χ1n) is 4.49. The molecule has 2 unspecified atom stereocenters. The van der Waals surface area contributed by atoms with Crippen molar-refractivity contribution in [2.24, 2.45) is 5.73 Å². The molecule has 14 heavy (non-hydrogen) atoms. The fourth-order valence-corrected chi connectivity index (χ4v) is 1.49. The zero-order valence-electron chi connectivity index (χ0n) is 8.07. The topological polar surface area (TPSA) is 72.3 Å². The summed E-state index contributed by atoms with van der Waals surface area (Å²) >= 11 is 5.80. The van der Waals surface area contributed by atoms with Gasteiger partial charge < -0.3 is 16.6 Å². The minimum absolute atomic E-state index is 0.0663. The molecular formula is C10H15ClN2O. The van der Waals surface area contributed by atoms with Gasteiger partial charge in [-0.25, -0.2) is 0 Å². The fourth-order valence-electron chi connectivity index (χ4n) is 1.31. The Morgan fingerprint density at radius 1 is 1.50 bits per heavy atom. The van der Waals surface area contributed by atoms with Crippen molar-refractivity contribution in [3.63, 3.8) is 0 Å². The molecule has 0 aromatic heterocycles. The zero-order valence-corrected chi connectivity index (χ0v) is 8.83.